The van der Waals surface area contributed by atoms with Gasteiger partial charge in [0.05, 0.1) is 25.3 Å². The van der Waals surface area contributed by atoms with Crippen molar-refractivity contribution < 1.29 is 14.6 Å². The number of hydrogen-bond acceptors (Lipinski definition) is 4. The van der Waals surface area contributed by atoms with Gasteiger partial charge in [-0.3, -0.25) is 4.79 Å². The minimum absolute atomic E-state index is 0.108. The number of amides is 1. The van der Waals surface area contributed by atoms with Crippen LogP contribution in [0.15, 0.2) is 42.5 Å². The minimum atomic E-state index is -0.155. The van der Waals surface area contributed by atoms with Crippen LogP contribution in [0.4, 0.5) is 5.69 Å². The summed E-state index contributed by atoms with van der Waals surface area (Å²) in [5.41, 5.74) is 2.86. The van der Waals surface area contributed by atoms with Gasteiger partial charge in [-0.25, -0.2) is 0 Å². The molecule has 2 aromatic carbocycles. The summed E-state index contributed by atoms with van der Waals surface area (Å²) in [6, 6.07) is 14.4. The smallest absolute Gasteiger partial charge is 0.224 e. The van der Waals surface area contributed by atoms with Crippen LogP contribution in [0.3, 0.4) is 0 Å². The molecule has 0 unspecified atom stereocenters. The number of carbonyl (C=O) groups excluding carboxylic acids is 1. The Morgan fingerprint density at radius 1 is 1.26 bits per heavy atom. The van der Waals surface area contributed by atoms with E-state index in [0.717, 1.165) is 5.56 Å². The SMILES string of the molecule is COc1ccc(NC(=O)CCc2ccc(C#N)cc2)cc1CO. The molecule has 0 atom stereocenters. The Labute approximate surface area is 135 Å². The summed E-state index contributed by atoms with van der Waals surface area (Å²) < 4.78 is 5.12. The van der Waals surface area contributed by atoms with E-state index in [0.29, 0.717) is 35.4 Å². The highest BCUT2D eigenvalue weighted by molar-refractivity contribution is 5.91. The van der Waals surface area contributed by atoms with Crippen molar-refractivity contribution in [2.24, 2.45) is 0 Å². The third-order valence-corrected chi connectivity index (χ3v) is 3.46. The van der Waals surface area contributed by atoms with Gasteiger partial charge in [0.15, 0.2) is 0 Å². The van der Waals surface area contributed by atoms with Crippen molar-refractivity contribution in [3.05, 3.63) is 59.2 Å². The molecular weight excluding hydrogens is 292 g/mol. The number of rotatable bonds is 6. The summed E-state index contributed by atoms with van der Waals surface area (Å²) in [6.45, 7) is -0.155. The maximum Gasteiger partial charge on any atom is 0.224 e. The van der Waals surface area contributed by atoms with Crippen LogP contribution >= 0.6 is 0 Å². The summed E-state index contributed by atoms with van der Waals surface area (Å²) in [6.07, 6.45) is 0.937. The van der Waals surface area contributed by atoms with Gasteiger partial charge >= 0.3 is 0 Å². The standard InChI is InChI=1S/C18H18N2O3/c1-23-17-8-7-16(10-15(17)12-21)20-18(22)9-6-13-2-4-14(11-19)5-3-13/h2-5,7-8,10,21H,6,9,12H2,1H3,(H,20,22). The molecule has 0 radical (unpaired) electrons. The van der Waals surface area contributed by atoms with E-state index in [1.54, 1.807) is 30.3 Å². The first-order valence-electron chi connectivity index (χ1n) is 7.23. The van der Waals surface area contributed by atoms with Crippen LogP contribution in [0, 0.1) is 11.3 Å². The third-order valence-electron chi connectivity index (χ3n) is 3.46. The van der Waals surface area contributed by atoms with E-state index in [2.05, 4.69) is 11.4 Å². The second kappa shape index (κ2) is 7.97. The molecule has 1 amide bonds. The van der Waals surface area contributed by atoms with Crippen LogP contribution in [-0.4, -0.2) is 18.1 Å². The lowest BCUT2D eigenvalue weighted by Gasteiger charge is -2.10. The molecule has 0 aromatic heterocycles. The largest absolute Gasteiger partial charge is 0.496 e. The normalized spacial score (nSPS) is 9.96. The Kier molecular flexibility index (Phi) is 5.73. The molecule has 2 aromatic rings. The number of nitriles is 1. The number of nitrogens with zero attached hydrogens (tertiary/aromatic N) is 1. The lowest BCUT2D eigenvalue weighted by molar-refractivity contribution is -0.116. The van der Waals surface area contributed by atoms with Gasteiger partial charge in [0.1, 0.15) is 5.75 Å². The van der Waals surface area contributed by atoms with Crippen LogP contribution in [-0.2, 0) is 17.8 Å². The zero-order valence-corrected chi connectivity index (χ0v) is 12.9. The molecule has 0 saturated heterocycles. The van der Waals surface area contributed by atoms with E-state index in [9.17, 15) is 9.90 Å². The van der Waals surface area contributed by atoms with Crippen LogP contribution in [0.2, 0.25) is 0 Å². The molecule has 0 spiro atoms. The van der Waals surface area contributed by atoms with E-state index in [1.807, 2.05) is 12.1 Å². The van der Waals surface area contributed by atoms with Gasteiger partial charge in [-0.05, 0) is 42.3 Å². The number of aliphatic hydroxyl groups is 1. The fourth-order valence-corrected chi connectivity index (χ4v) is 2.21. The molecule has 5 nitrogen and oxygen atoms in total. The summed E-state index contributed by atoms with van der Waals surface area (Å²) in [7, 11) is 1.53. The van der Waals surface area contributed by atoms with Crippen molar-refractivity contribution in [3.63, 3.8) is 0 Å². The number of aryl methyl sites for hydroxylation is 1. The van der Waals surface area contributed by atoms with Crippen LogP contribution in [0.25, 0.3) is 0 Å². The first-order chi connectivity index (χ1) is 11.2. The Morgan fingerprint density at radius 2 is 2.00 bits per heavy atom. The number of nitrogens with one attached hydrogen (secondary N) is 1. The van der Waals surface area contributed by atoms with Gasteiger partial charge < -0.3 is 15.2 Å². The van der Waals surface area contributed by atoms with Gasteiger partial charge in [0.25, 0.3) is 0 Å². The van der Waals surface area contributed by atoms with Crippen molar-refractivity contribution in [3.8, 4) is 11.8 Å². The molecule has 0 aliphatic rings. The van der Waals surface area contributed by atoms with Crippen molar-refractivity contribution in [2.75, 3.05) is 12.4 Å². The average Bonchev–Trinajstić information content (AvgIpc) is 2.60. The van der Waals surface area contributed by atoms with Gasteiger partial charge in [0.2, 0.25) is 5.91 Å². The molecule has 0 bridgehead atoms. The molecule has 0 heterocycles. The Morgan fingerprint density at radius 3 is 2.61 bits per heavy atom. The van der Waals surface area contributed by atoms with Gasteiger partial charge in [-0.15, -0.1) is 0 Å². The van der Waals surface area contributed by atoms with Crippen molar-refractivity contribution >= 4 is 11.6 Å². The Balaban J connectivity index is 1.92. The summed E-state index contributed by atoms with van der Waals surface area (Å²) >= 11 is 0. The number of anilines is 1. The van der Waals surface area contributed by atoms with Crippen molar-refractivity contribution in [1.29, 1.82) is 5.26 Å². The highest BCUT2D eigenvalue weighted by Crippen LogP contribution is 2.22. The maximum atomic E-state index is 12.0. The Hall–Kier alpha value is -2.84. The summed E-state index contributed by atoms with van der Waals surface area (Å²) in [5, 5.41) is 20.8. The molecule has 23 heavy (non-hydrogen) atoms. The fourth-order valence-electron chi connectivity index (χ4n) is 2.21. The quantitative estimate of drug-likeness (QED) is 0.859. The van der Waals surface area contributed by atoms with Gasteiger partial charge in [-0.2, -0.15) is 5.26 Å². The summed E-state index contributed by atoms with van der Waals surface area (Å²) in [4.78, 5) is 12.0. The Bertz CT molecular complexity index is 718. The van der Waals surface area contributed by atoms with E-state index >= 15 is 0 Å². The predicted octanol–water partition coefficient (Wildman–Crippen LogP) is 2.63. The highest BCUT2D eigenvalue weighted by Gasteiger charge is 2.07. The highest BCUT2D eigenvalue weighted by atomic mass is 16.5. The van der Waals surface area contributed by atoms with Crippen molar-refractivity contribution in [2.45, 2.75) is 19.4 Å². The predicted molar refractivity (Wildman–Crippen MR) is 87.0 cm³/mol. The zero-order valence-electron chi connectivity index (χ0n) is 12.9. The molecular formula is C18H18N2O3. The fraction of sp³-hybridized carbons (Fsp3) is 0.222. The van der Waals surface area contributed by atoms with E-state index in [1.165, 1.54) is 7.11 Å². The van der Waals surface area contributed by atoms with Crippen molar-refractivity contribution in [1.82, 2.24) is 0 Å². The number of aliphatic hydroxyl groups excluding tert-OH is 1. The first-order valence-corrected chi connectivity index (χ1v) is 7.23. The molecule has 0 saturated carbocycles. The summed E-state index contributed by atoms with van der Waals surface area (Å²) in [5.74, 6) is 0.478. The van der Waals surface area contributed by atoms with E-state index < -0.39 is 0 Å². The number of carbonyl (C=O) groups is 1. The average molecular weight is 310 g/mol. The first kappa shape index (κ1) is 16.5. The van der Waals surface area contributed by atoms with Gasteiger partial charge in [-0.1, -0.05) is 12.1 Å². The molecule has 0 fully saturated rings. The lowest BCUT2D eigenvalue weighted by Crippen LogP contribution is -2.12. The zero-order chi connectivity index (χ0) is 16.7. The number of methoxy groups -OCH3 is 1. The molecule has 5 heteroatoms. The topological polar surface area (TPSA) is 82.3 Å². The minimum Gasteiger partial charge on any atom is -0.496 e. The van der Waals surface area contributed by atoms with E-state index in [4.69, 9.17) is 10.00 Å². The van der Waals surface area contributed by atoms with Crippen LogP contribution in [0.5, 0.6) is 5.75 Å². The second-order valence-electron chi connectivity index (χ2n) is 5.04. The maximum absolute atomic E-state index is 12.0. The number of benzene rings is 2. The van der Waals surface area contributed by atoms with Gasteiger partial charge in [0, 0.05) is 17.7 Å². The molecule has 2 N–H and O–H groups in total. The lowest BCUT2D eigenvalue weighted by atomic mass is 10.1. The van der Waals surface area contributed by atoms with E-state index in [-0.39, 0.29) is 12.5 Å². The monoisotopic (exact) mass is 310 g/mol. The molecule has 118 valence electrons. The molecule has 0 aliphatic heterocycles. The number of hydrogen-bond donors (Lipinski definition) is 2. The second-order valence-corrected chi connectivity index (χ2v) is 5.04. The molecule has 0 aliphatic carbocycles. The third kappa shape index (κ3) is 4.56. The number of ether oxygens (including phenoxy) is 1. The van der Waals surface area contributed by atoms with Crippen LogP contribution in [0.1, 0.15) is 23.1 Å². The molecule has 2 rings (SSSR count). The van der Waals surface area contributed by atoms with Crippen LogP contribution < -0.4 is 10.1 Å².